The monoisotopic (exact) mass is 345 g/mol. The number of aryl methyl sites for hydroxylation is 1. The highest BCUT2D eigenvalue weighted by molar-refractivity contribution is 6.11. The minimum absolute atomic E-state index is 0.0415. The summed E-state index contributed by atoms with van der Waals surface area (Å²) >= 11 is 0. The maximum absolute atomic E-state index is 12.4. The number of carbonyl (C=O) groups is 2. The quantitative estimate of drug-likeness (QED) is 0.495. The zero-order valence-electron chi connectivity index (χ0n) is 13.9. The molecule has 3 N–H and O–H groups in total. The van der Waals surface area contributed by atoms with Crippen molar-refractivity contribution in [2.75, 3.05) is 5.32 Å². The van der Waals surface area contributed by atoms with Gasteiger partial charge in [0.1, 0.15) is 11.6 Å². The molecule has 6 heteroatoms. The number of benzene rings is 2. The standard InChI is InChI=1S/C20H15N3O3/c1-12-17(16-4-2-3-5-18(16)22-12)10-14(11-21)19(24)23-15-8-6-13(7-9-15)20(25)26/h2-10,22H,1H3,(H,23,24)(H,25,26). The largest absolute Gasteiger partial charge is 0.478 e. The van der Waals surface area contributed by atoms with Crippen molar-refractivity contribution < 1.29 is 14.7 Å². The lowest BCUT2D eigenvalue weighted by Crippen LogP contribution is -2.13. The Bertz CT molecular complexity index is 1070. The Labute approximate surface area is 149 Å². The van der Waals surface area contributed by atoms with Crippen molar-refractivity contribution in [3.8, 4) is 6.07 Å². The molecule has 0 saturated heterocycles. The van der Waals surface area contributed by atoms with Crippen molar-refractivity contribution in [3.05, 3.63) is 70.9 Å². The Morgan fingerprint density at radius 2 is 1.85 bits per heavy atom. The molecular formula is C20H15N3O3. The fourth-order valence-corrected chi connectivity index (χ4v) is 2.67. The zero-order chi connectivity index (χ0) is 18.7. The predicted octanol–water partition coefficient (Wildman–Crippen LogP) is 3.72. The normalized spacial score (nSPS) is 11.2. The molecule has 0 fully saturated rings. The lowest BCUT2D eigenvalue weighted by atomic mass is 10.1. The lowest BCUT2D eigenvalue weighted by Gasteiger charge is -2.05. The van der Waals surface area contributed by atoms with Gasteiger partial charge in [-0.15, -0.1) is 0 Å². The number of anilines is 1. The van der Waals surface area contributed by atoms with Gasteiger partial charge in [0.2, 0.25) is 0 Å². The van der Waals surface area contributed by atoms with Gasteiger partial charge >= 0.3 is 5.97 Å². The Morgan fingerprint density at radius 3 is 2.50 bits per heavy atom. The van der Waals surface area contributed by atoms with Gasteiger partial charge in [-0.1, -0.05) is 18.2 Å². The number of H-pyrrole nitrogens is 1. The Hall–Kier alpha value is -3.85. The SMILES string of the molecule is Cc1[nH]c2ccccc2c1C=C(C#N)C(=O)Nc1ccc(C(=O)O)cc1. The van der Waals surface area contributed by atoms with Crippen molar-refractivity contribution in [1.82, 2.24) is 4.98 Å². The van der Waals surface area contributed by atoms with Crippen LogP contribution in [0.25, 0.3) is 17.0 Å². The highest BCUT2D eigenvalue weighted by atomic mass is 16.4. The predicted molar refractivity (Wildman–Crippen MR) is 98.7 cm³/mol. The summed E-state index contributed by atoms with van der Waals surface area (Å²) in [6.45, 7) is 1.88. The summed E-state index contributed by atoms with van der Waals surface area (Å²) < 4.78 is 0. The average molecular weight is 345 g/mol. The van der Waals surface area contributed by atoms with Gasteiger partial charge in [0, 0.05) is 27.8 Å². The molecule has 0 unspecified atom stereocenters. The van der Waals surface area contributed by atoms with E-state index in [-0.39, 0.29) is 11.1 Å². The van der Waals surface area contributed by atoms with Crippen LogP contribution in [0.3, 0.4) is 0 Å². The number of carbonyl (C=O) groups excluding carboxylic acids is 1. The van der Waals surface area contributed by atoms with E-state index in [1.54, 1.807) is 6.08 Å². The summed E-state index contributed by atoms with van der Waals surface area (Å²) in [7, 11) is 0. The Balaban J connectivity index is 1.89. The number of para-hydroxylation sites is 1. The smallest absolute Gasteiger partial charge is 0.335 e. The summed E-state index contributed by atoms with van der Waals surface area (Å²) in [5, 5.41) is 21.8. The topological polar surface area (TPSA) is 106 Å². The second-order valence-electron chi connectivity index (χ2n) is 5.72. The summed E-state index contributed by atoms with van der Waals surface area (Å²) in [6, 6.07) is 15.3. The summed E-state index contributed by atoms with van der Waals surface area (Å²) in [6.07, 6.45) is 1.55. The number of amides is 1. The molecule has 6 nitrogen and oxygen atoms in total. The van der Waals surface area contributed by atoms with Crippen LogP contribution in [-0.4, -0.2) is 22.0 Å². The minimum Gasteiger partial charge on any atom is -0.478 e. The number of aromatic amines is 1. The first-order chi connectivity index (χ1) is 12.5. The third-order valence-corrected chi connectivity index (χ3v) is 3.99. The van der Waals surface area contributed by atoms with Crippen LogP contribution in [0.4, 0.5) is 5.69 Å². The number of fused-ring (bicyclic) bond motifs is 1. The van der Waals surface area contributed by atoms with Crippen LogP contribution in [0.5, 0.6) is 0 Å². The molecule has 0 saturated carbocycles. The van der Waals surface area contributed by atoms with Gasteiger partial charge in [0.25, 0.3) is 5.91 Å². The third kappa shape index (κ3) is 3.32. The van der Waals surface area contributed by atoms with E-state index in [1.165, 1.54) is 24.3 Å². The molecule has 1 aromatic heterocycles. The number of hydrogen-bond donors (Lipinski definition) is 3. The van der Waals surface area contributed by atoms with Crippen LogP contribution >= 0.6 is 0 Å². The number of nitrogens with one attached hydrogen (secondary N) is 2. The highest BCUT2D eigenvalue weighted by Gasteiger charge is 2.13. The number of carboxylic acid groups (broad SMARTS) is 1. The molecule has 0 bridgehead atoms. The van der Waals surface area contributed by atoms with E-state index in [9.17, 15) is 14.9 Å². The fourth-order valence-electron chi connectivity index (χ4n) is 2.67. The molecule has 0 aliphatic carbocycles. The van der Waals surface area contributed by atoms with Crippen LogP contribution in [-0.2, 0) is 4.79 Å². The maximum atomic E-state index is 12.4. The first-order valence-electron chi connectivity index (χ1n) is 7.83. The summed E-state index contributed by atoms with van der Waals surface area (Å²) in [4.78, 5) is 26.5. The van der Waals surface area contributed by atoms with Crippen molar-refractivity contribution in [3.63, 3.8) is 0 Å². The maximum Gasteiger partial charge on any atom is 0.335 e. The molecular weight excluding hydrogens is 330 g/mol. The number of aromatic nitrogens is 1. The van der Waals surface area contributed by atoms with Crippen molar-refractivity contribution in [1.29, 1.82) is 5.26 Å². The van der Waals surface area contributed by atoms with Crippen LogP contribution in [0.1, 0.15) is 21.6 Å². The molecule has 0 spiro atoms. The van der Waals surface area contributed by atoms with Gasteiger partial charge in [0.15, 0.2) is 0 Å². The van der Waals surface area contributed by atoms with E-state index in [0.29, 0.717) is 5.69 Å². The number of rotatable bonds is 4. The van der Waals surface area contributed by atoms with Crippen LogP contribution in [0.15, 0.2) is 54.1 Å². The molecule has 0 aliphatic heterocycles. The number of nitrogens with zero attached hydrogens (tertiary/aromatic N) is 1. The molecule has 0 atom stereocenters. The molecule has 1 amide bonds. The second kappa shape index (κ2) is 6.95. The van der Waals surface area contributed by atoms with Gasteiger partial charge < -0.3 is 15.4 Å². The number of nitriles is 1. The van der Waals surface area contributed by atoms with E-state index in [4.69, 9.17) is 5.11 Å². The lowest BCUT2D eigenvalue weighted by molar-refractivity contribution is -0.112. The fraction of sp³-hybridized carbons (Fsp3) is 0.0500. The molecule has 128 valence electrons. The highest BCUT2D eigenvalue weighted by Crippen LogP contribution is 2.24. The zero-order valence-corrected chi connectivity index (χ0v) is 13.9. The molecule has 0 radical (unpaired) electrons. The number of aromatic carboxylic acids is 1. The van der Waals surface area contributed by atoms with E-state index in [2.05, 4.69) is 10.3 Å². The molecule has 3 rings (SSSR count). The van der Waals surface area contributed by atoms with Crippen molar-refractivity contribution in [2.24, 2.45) is 0 Å². The van der Waals surface area contributed by atoms with E-state index in [1.807, 2.05) is 37.3 Å². The van der Waals surface area contributed by atoms with Gasteiger partial charge in [-0.2, -0.15) is 5.26 Å². The van der Waals surface area contributed by atoms with Crippen molar-refractivity contribution in [2.45, 2.75) is 6.92 Å². The molecule has 1 heterocycles. The first-order valence-corrected chi connectivity index (χ1v) is 7.83. The average Bonchev–Trinajstić information content (AvgIpc) is 2.95. The van der Waals surface area contributed by atoms with Gasteiger partial charge in [-0.25, -0.2) is 4.79 Å². The number of carboxylic acids is 1. The number of hydrogen-bond acceptors (Lipinski definition) is 3. The second-order valence-corrected chi connectivity index (χ2v) is 5.72. The van der Waals surface area contributed by atoms with E-state index < -0.39 is 11.9 Å². The third-order valence-electron chi connectivity index (χ3n) is 3.99. The van der Waals surface area contributed by atoms with E-state index >= 15 is 0 Å². The Morgan fingerprint density at radius 1 is 1.15 bits per heavy atom. The summed E-state index contributed by atoms with van der Waals surface area (Å²) in [5.41, 5.74) is 3.06. The minimum atomic E-state index is -1.05. The van der Waals surface area contributed by atoms with Crippen LogP contribution in [0.2, 0.25) is 0 Å². The molecule has 2 aromatic carbocycles. The molecule has 3 aromatic rings. The first kappa shape index (κ1) is 17.0. The van der Waals surface area contributed by atoms with Crippen molar-refractivity contribution >= 4 is 34.5 Å². The Kier molecular flexibility index (Phi) is 4.54. The molecule has 26 heavy (non-hydrogen) atoms. The van der Waals surface area contributed by atoms with E-state index in [0.717, 1.165) is 22.2 Å². The van der Waals surface area contributed by atoms with Crippen LogP contribution < -0.4 is 5.32 Å². The van der Waals surface area contributed by atoms with Gasteiger partial charge in [0.05, 0.1) is 5.56 Å². The summed E-state index contributed by atoms with van der Waals surface area (Å²) in [5.74, 6) is -1.60. The van der Waals surface area contributed by atoms with Crippen LogP contribution in [0, 0.1) is 18.3 Å². The molecule has 0 aliphatic rings. The van der Waals surface area contributed by atoms with Gasteiger partial charge in [-0.3, -0.25) is 4.79 Å². The van der Waals surface area contributed by atoms with Gasteiger partial charge in [-0.05, 0) is 43.3 Å².